The molecule has 1 amide bonds. The number of ketones is 1. The fourth-order valence-corrected chi connectivity index (χ4v) is 3.63. The number of nitrogens with zero attached hydrogens (tertiary/aromatic N) is 1. The van der Waals surface area contributed by atoms with Crippen molar-refractivity contribution in [1.29, 1.82) is 0 Å². The highest BCUT2D eigenvalue weighted by Gasteiger charge is 2.50. The van der Waals surface area contributed by atoms with Crippen LogP contribution in [0.4, 0.5) is 5.69 Å². The van der Waals surface area contributed by atoms with Gasteiger partial charge in [0, 0.05) is 22.1 Å². The molecule has 0 bridgehead atoms. The minimum absolute atomic E-state index is 0.316. The number of rotatable bonds is 6. The summed E-state index contributed by atoms with van der Waals surface area (Å²) in [6.07, 6.45) is 0.434. The number of carbonyl (C=O) groups excluding carboxylic acids is 2. The Labute approximate surface area is 160 Å². The van der Waals surface area contributed by atoms with Crippen LogP contribution in [0.2, 0.25) is 0 Å². The highest BCUT2D eigenvalue weighted by molar-refractivity contribution is 9.10. The van der Waals surface area contributed by atoms with E-state index in [4.69, 9.17) is 4.74 Å². The average molecular weight is 418 g/mol. The van der Waals surface area contributed by atoms with Gasteiger partial charge in [0.25, 0.3) is 5.91 Å². The molecule has 1 heterocycles. The molecule has 0 saturated carbocycles. The van der Waals surface area contributed by atoms with E-state index in [9.17, 15) is 14.7 Å². The van der Waals surface area contributed by atoms with Crippen molar-refractivity contribution in [1.82, 2.24) is 0 Å². The summed E-state index contributed by atoms with van der Waals surface area (Å²) in [6, 6.07) is 12.0. The summed E-state index contributed by atoms with van der Waals surface area (Å²) in [5, 5.41) is 11.2. The molecule has 1 atom stereocenters. The Morgan fingerprint density at radius 1 is 1.27 bits per heavy atom. The van der Waals surface area contributed by atoms with Crippen molar-refractivity contribution >= 4 is 33.3 Å². The third-order valence-electron chi connectivity index (χ3n) is 4.55. The van der Waals surface area contributed by atoms with Crippen LogP contribution in [0.15, 0.2) is 46.9 Å². The number of methoxy groups -OCH3 is 1. The number of hydrogen-bond donors (Lipinski definition) is 1. The minimum Gasteiger partial charge on any atom is -0.497 e. The lowest BCUT2D eigenvalue weighted by Crippen LogP contribution is -2.42. The van der Waals surface area contributed by atoms with Crippen LogP contribution >= 0.6 is 15.9 Å². The second-order valence-corrected chi connectivity index (χ2v) is 7.23. The Morgan fingerprint density at radius 3 is 2.73 bits per heavy atom. The summed E-state index contributed by atoms with van der Waals surface area (Å²) in [7, 11) is 1.52. The molecule has 2 aromatic rings. The molecule has 1 aliphatic heterocycles. The van der Waals surface area contributed by atoms with E-state index in [0.717, 1.165) is 10.9 Å². The number of fused-ring (bicyclic) bond motifs is 1. The zero-order valence-corrected chi connectivity index (χ0v) is 16.2. The number of benzene rings is 2. The molecule has 1 aliphatic rings. The van der Waals surface area contributed by atoms with Crippen molar-refractivity contribution in [2.75, 3.05) is 18.6 Å². The molecule has 0 aromatic heterocycles. The van der Waals surface area contributed by atoms with Gasteiger partial charge in [-0.1, -0.05) is 35.0 Å². The summed E-state index contributed by atoms with van der Waals surface area (Å²) in [4.78, 5) is 27.3. The first-order valence-electron chi connectivity index (χ1n) is 8.42. The van der Waals surface area contributed by atoms with Crippen molar-refractivity contribution in [3.63, 3.8) is 0 Å². The summed E-state index contributed by atoms with van der Waals surface area (Å²) in [5.41, 5.74) is -0.354. The average Bonchev–Trinajstić information content (AvgIpc) is 2.84. The molecular weight excluding hydrogens is 398 g/mol. The predicted molar refractivity (Wildman–Crippen MR) is 103 cm³/mol. The van der Waals surface area contributed by atoms with Gasteiger partial charge in [-0.15, -0.1) is 0 Å². The predicted octanol–water partition coefficient (Wildman–Crippen LogP) is 3.67. The van der Waals surface area contributed by atoms with Crippen LogP contribution in [0.25, 0.3) is 0 Å². The molecule has 26 heavy (non-hydrogen) atoms. The highest BCUT2D eigenvalue weighted by Crippen LogP contribution is 2.44. The Kier molecular flexibility index (Phi) is 5.16. The molecule has 6 heteroatoms. The molecule has 0 spiro atoms. The fraction of sp³-hybridized carbons (Fsp3) is 0.300. The van der Waals surface area contributed by atoms with E-state index in [-0.39, 0.29) is 12.2 Å². The monoisotopic (exact) mass is 417 g/mol. The summed E-state index contributed by atoms with van der Waals surface area (Å²) < 4.78 is 5.89. The van der Waals surface area contributed by atoms with Gasteiger partial charge in [0.1, 0.15) is 5.75 Å². The number of anilines is 1. The molecule has 0 saturated heterocycles. The van der Waals surface area contributed by atoms with Gasteiger partial charge in [-0.2, -0.15) is 0 Å². The fourth-order valence-electron chi connectivity index (χ4n) is 3.27. The summed E-state index contributed by atoms with van der Waals surface area (Å²) in [6.45, 7) is 2.45. The maximum absolute atomic E-state index is 13.0. The second kappa shape index (κ2) is 7.21. The molecule has 1 N–H and O–H groups in total. The van der Waals surface area contributed by atoms with Crippen LogP contribution in [0.1, 0.15) is 35.7 Å². The van der Waals surface area contributed by atoms with E-state index >= 15 is 0 Å². The molecule has 0 radical (unpaired) electrons. The lowest BCUT2D eigenvalue weighted by molar-refractivity contribution is -0.135. The number of ether oxygens (including phenoxy) is 1. The maximum Gasteiger partial charge on any atom is 0.264 e. The van der Waals surface area contributed by atoms with Crippen LogP contribution in [-0.4, -0.2) is 30.5 Å². The van der Waals surface area contributed by atoms with E-state index in [1.807, 2.05) is 13.0 Å². The number of aliphatic hydroxyl groups is 1. The molecule has 3 rings (SSSR count). The summed E-state index contributed by atoms with van der Waals surface area (Å²) in [5.74, 6) is -0.218. The molecule has 0 fully saturated rings. The molecule has 2 aromatic carbocycles. The van der Waals surface area contributed by atoms with Crippen LogP contribution in [0, 0.1) is 0 Å². The van der Waals surface area contributed by atoms with Crippen molar-refractivity contribution in [2.24, 2.45) is 0 Å². The van der Waals surface area contributed by atoms with Gasteiger partial charge in [0.2, 0.25) is 0 Å². The molecular formula is C20H20BrNO4. The van der Waals surface area contributed by atoms with Crippen LogP contribution < -0.4 is 9.64 Å². The van der Waals surface area contributed by atoms with Gasteiger partial charge >= 0.3 is 0 Å². The maximum atomic E-state index is 13.0. The number of halogens is 1. The van der Waals surface area contributed by atoms with Crippen molar-refractivity contribution in [2.45, 2.75) is 25.4 Å². The van der Waals surface area contributed by atoms with E-state index < -0.39 is 11.5 Å². The van der Waals surface area contributed by atoms with Gasteiger partial charge < -0.3 is 14.7 Å². The standard InChI is InChI=1S/C20H20BrNO4/c1-3-9-22-17-8-7-14(21)11-16(17)20(25,19(22)24)12-18(23)13-5-4-6-15(10-13)26-2/h4-8,10-11,25H,3,9,12H2,1-2H3. The topological polar surface area (TPSA) is 66.8 Å². The molecule has 5 nitrogen and oxygen atoms in total. The number of hydrogen-bond acceptors (Lipinski definition) is 4. The van der Waals surface area contributed by atoms with Crippen molar-refractivity contribution in [3.05, 3.63) is 58.1 Å². The number of Topliss-reactive ketones (excluding diaryl/α,β-unsaturated/α-hetero) is 1. The summed E-state index contributed by atoms with van der Waals surface area (Å²) >= 11 is 3.38. The third-order valence-corrected chi connectivity index (χ3v) is 5.04. The second-order valence-electron chi connectivity index (χ2n) is 6.31. The lowest BCUT2D eigenvalue weighted by Gasteiger charge is -2.22. The molecule has 0 aliphatic carbocycles. The largest absolute Gasteiger partial charge is 0.497 e. The van der Waals surface area contributed by atoms with Gasteiger partial charge in [0.05, 0.1) is 19.2 Å². The smallest absolute Gasteiger partial charge is 0.264 e. The normalized spacial score (nSPS) is 18.8. The van der Waals surface area contributed by atoms with Gasteiger partial charge in [-0.05, 0) is 36.8 Å². The van der Waals surface area contributed by atoms with Crippen LogP contribution in [-0.2, 0) is 10.4 Å². The highest BCUT2D eigenvalue weighted by atomic mass is 79.9. The Balaban J connectivity index is 1.99. The number of carbonyl (C=O) groups is 2. The Bertz CT molecular complexity index is 867. The van der Waals surface area contributed by atoms with E-state index in [1.54, 1.807) is 41.3 Å². The zero-order valence-electron chi connectivity index (χ0n) is 14.7. The van der Waals surface area contributed by atoms with Crippen molar-refractivity contribution in [3.8, 4) is 5.75 Å². The first kappa shape index (κ1) is 18.6. The lowest BCUT2D eigenvalue weighted by atomic mass is 9.88. The SMILES string of the molecule is CCCN1C(=O)C(O)(CC(=O)c2cccc(OC)c2)c2cc(Br)ccc21. The quantitative estimate of drug-likeness (QED) is 0.727. The van der Waals surface area contributed by atoms with Crippen LogP contribution in [0.3, 0.4) is 0 Å². The van der Waals surface area contributed by atoms with Gasteiger partial charge in [-0.3, -0.25) is 9.59 Å². The van der Waals surface area contributed by atoms with Crippen LogP contribution in [0.5, 0.6) is 5.75 Å². The van der Waals surface area contributed by atoms with Gasteiger partial charge in [-0.25, -0.2) is 0 Å². The molecule has 136 valence electrons. The zero-order chi connectivity index (χ0) is 18.9. The van der Waals surface area contributed by atoms with E-state index in [1.165, 1.54) is 7.11 Å². The molecule has 1 unspecified atom stereocenters. The Morgan fingerprint density at radius 2 is 2.04 bits per heavy atom. The first-order chi connectivity index (χ1) is 12.4. The third kappa shape index (κ3) is 3.15. The number of amides is 1. The first-order valence-corrected chi connectivity index (χ1v) is 9.21. The van der Waals surface area contributed by atoms with E-state index in [0.29, 0.717) is 29.1 Å². The Hall–Kier alpha value is -2.18. The van der Waals surface area contributed by atoms with Gasteiger partial charge in [0.15, 0.2) is 11.4 Å². The van der Waals surface area contributed by atoms with E-state index in [2.05, 4.69) is 15.9 Å². The van der Waals surface area contributed by atoms with Crippen molar-refractivity contribution < 1.29 is 19.4 Å². The minimum atomic E-state index is -1.87.